The minimum Gasteiger partial charge on any atom is -0.493 e. The van der Waals surface area contributed by atoms with Gasteiger partial charge in [-0.05, 0) is 29.8 Å². The maximum Gasteiger partial charge on any atom is 0.361 e. The summed E-state index contributed by atoms with van der Waals surface area (Å²) in [6.45, 7) is 0. The molecule has 0 aliphatic heterocycles. The zero-order valence-corrected chi connectivity index (χ0v) is 18.5. The summed E-state index contributed by atoms with van der Waals surface area (Å²) in [4.78, 5) is 0. The van der Waals surface area contributed by atoms with E-state index in [0.717, 1.165) is 21.9 Å². The molecular weight excluding hydrogens is 404 g/mol. The highest BCUT2D eigenvalue weighted by atomic mass is 16.5. The molecule has 0 unspecified atom stereocenters. The fourth-order valence-corrected chi connectivity index (χ4v) is 3.56. The third kappa shape index (κ3) is 4.23. The van der Waals surface area contributed by atoms with E-state index in [2.05, 4.69) is 0 Å². The van der Waals surface area contributed by atoms with Crippen molar-refractivity contribution < 1.29 is 23.4 Å². The lowest BCUT2D eigenvalue weighted by Crippen LogP contribution is -1.93. The van der Waals surface area contributed by atoms with Crippen molar-refractivity contribution in [3.8, 4) is 34.3 Å². The first-order chi connectivity index (χ1) is 15.7. The number of methoxy groups -OCH3 is 4. The van der Waals surface area contributed by atoms with Gasteiger partial charge in [0.15, 0.2) is 23.0 Å². The van der Waals surface area contributed by atoms with E-state index in [4.69, 9.17) is 23.4 Å². The Hall–Kier alpha value is -3.99. The zero-order chi connectivity index (χ0) is 22.5. The van der Waals surface area contributed by atoms with Gasteiger partial charge in [0.2, 0.25) is 0 Å². The van der Waals surface area contributed by atoms with Crippen LogP contribution in [0, 0.1) is 0 Å². The number of hydrogen-bond donors (Lipinski definition) is 0. The van der Waals surface area contributed by atoms with Crippen LogP contribution < -0.4 is 18.9 Å². The van der Waals surface area contributed by atoms with Gasteiger partial charge < -0.3 is 18.9 Å². The summed E-state index contributed by atoms with van der Waals surface area (Å²) in [5.74, 6) is 3.99. The Kier molecular flexibility index (Phi) is 6.26. The molecular formula is C27H25O5+. The van der Waals surface area contributed by atoms with Crippen LogP contribution in [0.4, 0.5) is 0 Å². The Balaban J connectivity index is 1.92. The maximum absolute atomic E-state index is 6.36. The van der Waals surface area contributed by atoms with Crippen LogP contribution >= 0.6 is 0 Å². The highest BCUT2D eigenvalue weighted by Gasteiger charge is 2.22. The molecule has 0 spiro atoms. The van der Waals surface area contributed by atoms with Crippen LogP contribution in [-0.4, -0.2) is 28.4 Å². The maximum atomic E-state index is 6.36. The van der Waals surface area contributed by atoms with Crippen molar-refractivity contribution in [1.82, 2.24) is 0 Å². The molecule has 0 atom stereocenters. The molecule has 1 aromatic heterocycles. The molecule has 0 N–H and O–H groups in total. The van der Waals surface area contributed by atoms with E-state index in [1.807, 2.05) is 78.9 Å². The predicted molar refractivity (Wildman–Crippen MR) is 128 cm³/mol. The number of ether oxygens (including phenoxy) is 4. The quantitative estimate of drug-likeness (QED) is 0.310. The van der Waals surface area contributed by atoms with Gasteiger partial charge >= 0.3 is 11.5 Å². The monoisotopic (exact) mass is 429 g/mol. The standard InChI is InChI=1S/C27H25O5/c1-28-23-13-11-19(14-25(23)29-2)24-15-20-16-26(30-3)27(31-4)17-21(20)22(32-24)12-10-18-8-6-5-7-9-18/h5-17H,1-4H3/q+1. The third-order valence-electron chi connectivity index (χ3n) is 5.22. The second-order valence-corrected chi connectivity index (χ2v) is 7.08. The number of benzene rings is 3. The van der Waals surface area contributed by atoms with Crippen LogP contribution in [0.15, 0.2) is 71.1 Å². The molecule has 0 saturated heterocycles. The topological polar surface area (TPSA) is 48.2 Å². The molecule has 0 fully saturated rings. The van der Waals surface area contributed by atoms with Gasteiger partial charge in [-0.2, -0.15) is 0 Å². The van der Waals surface area contributed by atoms with Crippen LogP contribution in [0.1, 0.15) is 11.3 Å². The molecule has 0 aliphatic carbocycles. The van der Waals surface area contributed by atoms with Gasteiger partial charge in [-0.3, -0.25) is 0 Å². The highest BCUT2D eigenvalue weighted by Crippen LogP contribution is 2.38. The summed E-state index contributed by atoms with van der Waals surface area (Å²) in [6.07, 6.45) is 3.99. The van der Waals surface area contributed by atoms with Gasteiger partial charge in [-0.1, -0.05) is 30.3 Å². The van der Waals surface area contributed by atoms with Crippen molar-refractivity contribution in [2.45, 2.75) is 0 Å². The second kappa shape index (κ2) is 9.43. The largest absolute Gasteiger partial charge is 0.493 e. The molecule has 4 aromatic rings. The first-order valence-corrected chi connectivity index (χ1v) is 10.1. The fraction of sp³-hybridized carbons (Fsp3) is 0.148. The van der Waals surface area contributed by atoms with Crippen molar-refractivity contribution in [3.05, 3.63) is 78.1 Å². The zero-order valence-electron chi connectivity index (χ0n) is 18.5. The molecule has 4 rings (SSSR count). The Morgan fingerprint density at radius 1 is 0.625 bits per heavy atom. The molecule has 0 radical (unpaired) electrons. The van der Waals surface area contributed by atoms with Crippen molar-refractivity contribution in [3.63, 3.8) is 0 Å². The summed E-state index contributed by atoms with van der Waals surface area (Å²) in [5.41, 5.74) is 1.95. The summed E-state index contributed by atoms with van der Waals surface area (Å²) in [6, 6.07) is 21.7. The van der Waals surface area contributed by atoms with Crippen molar-refractivity contribution in [1.29, 1.82) is 0 Å². The minimum absolute atomic E-state index is 0.633. The lowest BCUT2D eigenvalue weighted by molar-refractivity contribution is 0.355. The van der Waals surface area contributed by atoms with E-state index >= 15 is 0 Å². The third-order valence-corrected chi connectivity index (χ3v) is 5.22. The molecule has 0 bridgehead atoms. The van der Waals surface area contributed by atoms with E-state index in [1.165, 1.54) is 0 Å². The molecule has 5 nitrogen and oxygen atoms in total. The van der Waals surface area contributed by atoms with Crippen LogP contribution in [0.3, 0.4) is 0 Å². The Morgan fingerprint density at radius 3 is 1.97 bits per heavy atom. The number of fused-ring (bicyclic) bond motifs is 1. The normalized spacial score (nSPS) is 11.0. The average Bonchev–Trinajstić information content (AvgIpc) is 2.86. The highest BCUT2D eigenvalue weighted by molar-refractivity contribution is 5.94. The Labute approximate surface area is 187 Å². The summed E-state index contributed by atoms with van der Waals surface area (Å²) in [5, 5.41) is 1.88. The van der Waals surface area contributed by atoms with Crippen molar-refractivity contribution in [2.24, 2.45) is 0 Å². The van der Waals surface area contributed by atoms with Crippen LogP contribution in [0.5, 0.6) is 23.0 Å². The van der Waals surface area contributed by atoms with E-state index in [1.54, 1.807) is 28.4 Å². The molecule has 1 heterocycles. The van der Waals surface area contributed by atoms with Gasteiger partial charge in [0, 0.05) is 23.6 Å². The van der Waals surface area contributed by atoms with Gasteiger partial charge in [0.05, 0.1) is 45.5 Å². The summed E-state index contributed by atoms with van der Waals surface area (Å²) in [7, 11) is 6.48. The van der Waals surface area contributed by atoms with E-state index in [-0.39, 0.29) is 0 Å². The summed E-state index contributed by atoms with van der Waals surface area (Å²) < 4.78 is 28.2. The second-order valence-electron chi connectivity index (χ2n) is 7.08. The van der Waals surface area contributed by atoms with E-state index < -0.39 is 0 Å². The SMILES string of the molecule is COc1ccc(-c2cc3cc(OC)c(OC)cc3c(C=Cc3ccccc3)[o+]2)cc1OC. The Bertz CT molecular complexity index is 1260. The number of hydrogen-bond acceptors (Lipinski definition) is 4. The number of rotatable bonds is 7. The van der Waals surface area contributed by atoms with Gasteiger partial charge in [-0.15, -0.1) is 0 Å². The fourth-order valence-electron chi connectivity index (χ4n) is 3.56. The van der Waals surface area contributed by atoms with Gasteiger partial charge in [-0.25, -0.2) is 4.42 Å². The van der Waals surface area contributed by atoms with E-state index in [9.17, 15) is 0 Å². The van der Waals surface area contributed by atoms with Crippen LogP contribution in [0.25, 0.3) is 34.2 Å². The lowest BCUT2D eigenvalue weighted by Gasteiger charge is -2.09. The summed E-state index contributed by atoms with van der Waals surface area (Å²) >= 11 is 0. The molecule has 5 heteroatoms. The molecule has 0 saturated carbocycles. The van der Waals surface area contributed by atoms with Crippen molar-refractivity contribution >= 4 is 22.9 Å². The first kappa shape index (κ1) is 21.2. The smallest absolute Gasteiger partial charge is 0.361 e. The minimum atomic E-state index is 0.633. The van der Waals surface area contributed by atoms with Gasteiger partial charge in [0.1, 0.15) is 0 Å². The van der Waals surface area contributed by atoms with Crippen molar-refractivity contribution in [2.75, 3.05) is 28.4 Å². The van der Waals surface area contributed by atoms with Crippen LogP contribution in [-0.2, 0) is 0 Å². The molecule has 32 heavy (non-hydrogen) atoms. The average molecular weight is 429 g/mol. The first-order valence-electron chi connectivity index (χ1n) is 10.1. The molecule has 3 aromatic carbocycles. The van der Waals surface area contributed by atoms with E-state index in [0.29, 0.717) is 34.5 Å². The lowest BCUT2D eigenvalue weighted by atomic mass is 10.0. The van der Waals surface area contributed by atoms with Crippen LogP contribution in [0.2, 0.25) is 0 Å². The predicted octanol–water partition coefficient (Wildman–Crippen LogP) is 6.59. The molecule has 0 amide bonds. The Morgan fingerprint density at radius 2 is 1.28 bits per heavy atom. The molecule has 162 valence electrons. The van der Waals surface area contributed by atoms with Gasteiger partial charge in [0.25, 0.3) is 0 Å². The molecule has 0 aliphatic rings.